The molecule has 0 radical (unpaired) electrons. The molecule has 0 heterocycles. The Hall–Kier alpha value is -2.34. The molecule has 0 aromatic heterocycles. The van der Waals surface area contributed by atoms with Gasteiger partial charge in [0.25, 0.3) is 10.0 Å². The van der Waals surface area contributed by atoms with Gasteiger partial charge in [-0.15, -0.1) is 4.40 Å². The summed E-state index contributed by atoms with van der Waals surface area (Å²) >= 11 is 0. The molecule has 0 saturated carbocycles. The first-order valence-electron chi connectivity index (χ1n) is 7.21. The second-order valence-corrected chi connectivity index (χ2v) is 7.21. The molecule has 2 rings (SSSR count). The molecule has 5 nitrogen and oxygen atoms in total. The lowest BCUT2D eigenvalue weighted by Gasteiger charge is -2.16. The van der Waals surface area contributed by atoms with Gasteiger partial charge in [-0.05, 0) is 44.0 Å². The molecule has 23 heavy (non-hydrogen) atoms. The summed E-state index contributed by atoms with van der Waals surface area (Å²) in [5.41, 5.74) is 4.81. The van der Waals surface area contributed by atoms with E-state index in [1.807, 2.05) is 63.2 Å². The van der Waals surface area contributed by atoms with Gasteiger partial charge in [-0.3, -0.25) is 0 Å². The fourth-order valence-corrected chi connectivity index (χ4v) is 2.82. The smallest absolute Gasteiger partial charge is 0.253 e. The molecule has 0 aliphatic rings. The average Bonchev–Trinajstić information content (AvgIpc) is 2.42. The molecule has 0 unspecified atom stereocenters. The Bertz CT molecular complexity index is 805. The number of sulfonamides is 1. The van der Waals surface area contributed by atoms with Crippen LogP contribution in [0.1, 0.15) is 16.7 Å². The standard InChI is InChI=1S/C17H21N3O2S/c1-12-10-13(2)16(14(3)11-12)19-17(20-23(4,21)22)18-15-8-6-5-7-9-15/h5-11H,1-4H3,(H2,18,19,20). The molecule has 2 N–H and O–H groups in total. The number of nitrogens with zero attached hydrogens (tertiary/aromatic N) is 1. The van der Waals surface area contributed by atoms with Gasteiger partial charge in [-0.1, -0.05) is 35.9 Å². The Morgan fingerprint density at radius 1 is 0.957 bits per heavy atom. The summed E-state index contributed by atoms with van der Waals surface area (Å²) in [6, 6.07) is 13.4. The van der Waals surface area contributed by atoms with E-state index < -0.39 is 10.0 Å². The lowest BCUT2D eigenvalue weighted by atomic mass is 10.1. The molecular formula is C17H21N3O2S. The van der Waals surface area contributed by atoms with Gasteiger partial charge < -0.3 is 10.6 Å². The maximum Gasteiger partial charge on any atom is 0.253 e. The van der Waals surface area contributed by atoms with Crippen molar-refractivity contribution in [2.45, 2.75) is 20.8 Å². The number of benzene rings is 2. The third-order valence-corrected chi connectivity index (χ3v) is 3.73. The third-order valence-electron chi connectivity index (χ3n) is 3.21. The van der Waals surface area contributed by atoms with Crippen LogP contribution in [0, 0.1) is 20.8 Å². The predicted molar refractivity (Wildman–Crippen MR) is 96.6 cm³/mol. The van der Waals surface area contributed by atoms with Crippen LogP contribution in [0.2, 0.25) is 0 Å². The maximum atomic E-state index is 11.6. The zero-order valence-electron chi connectivity index (χ0n) is 13.7. The van der Waals surface area contributed by atoms with Crippen molar-refractivity contribution in [2.75, 3.05) is 16.9 Å². The van der Waals surface area contributed by atoms with Crippen molar-refractivity contribution >= 4 is 27.4 Å². The van der Waals surface area contributed by atoms with Crippen LogP contribution in [-0.4, -0.2) is 20.6 Å². The quantitative estimate of drug-likeness (QED) is 0.667. The van der Waals surface area contributed by atoms with Gasteiger partial charge in [0.05, 0.1) is 6.26 Å². The zero-order chi connectivity index (χ0) is 17.0. The number of rotatable bonds is 3. The van der Waals surface area contributed by atoms with Gasteiger partial charge in [0, 0.05) is 11.4 Å². The highest BCUT2D eigenvalue weighted by Crippen LogP contribution is 2.22. The molecular weight excluding hydrogens is 310 g/mol. The molecule has 0 saturated heterocycles. The van der Waals surface area contributed by atoms with E-state index in [9.17, 15) is 8.42 Å². The summed E-state index contributed by atoms with van der Waals surface area (Å²) in [6.45, 7) is 5.98. The second-order valence-electron chi connectivity index (χ2n) is 5.56. The Labute approximate surface area is 137 Å². The molecule has 0 bridgehead atoms. The molecule has 122 valence electrons. The summed E-state index contributed by atoms with van der Waals surface area (Å²) in [7, 11) is -3.53. The Kier molecular flexibility index (Phi) is 5.05. The van der Waals surface area contributed by atoms with Crippen molar-refractivity contribution in [2.24, 2.45) is 4.40 Å². The number of guanidine groups is 1. The van der Waals surface area contributed by atoms with E-state index in [1.165, 1.54) is 0 Å². The van der Waals surface area contributed by atoms with E-state index in [2.05, 4.69) is 15.0 Å². The Morgan fingerprint density at radius 3 is 2.04 bits per heavy atom. The highest BCUT2D eigenvalue weighted by molar-refractivity contribution is 7.89. The zero-order valence-corrected chi connectivity index (χ0v) is 14.5. The van der Waals surface area contributed by atoms with Crippen LogP contribution in [0.5, 0.6) is 0 Å². The lowest BCUT2D eigenvalue weighted by molar-refractivity contribution is 0.603. The van der Waals surface area contributed by atoms with Crippen LogP contribution in [0.4, 0.5) is 11.4 Å². The molecule has 0 amide bonds. The van der Waals surface area contributed by atoms with Crippen molar-refractivity contribution in [3.8, 4) is 0 Å². The minimum absolute atomic E-state index is 0.175. The number of para-hydroxylation sites is 1. The summed E-state index contributed by atoms with van der Waals surface area (Å²) in [5, 5.41) is 6.12. The van der Waals surface area contributed by atoms with E-state index in [0.717, 1.165) is 34.3 Å². The Balaban J connectivity index is 2.38. The molecule has 0 aliphatic heterocycles. The molecule has 2 aromatic carbocycles. The van der Waals surface area contributed by atoms with Crippen molar-refractivity contribution < 1.29 is 8.42 Å². The average molecular weight is 331 g/mol. The van der Waals surface area contributed by atoms with Gasteiger partial charge in [-0.25, -0.2) is 8.42 Å². The van der Waals surface area contributed by atoms with Gasteiger partial charge >= 0.3 is 0 Å². The molecule has 0 aliphatic carbocycles. The third kappa shape index (κ3) is 5.10. The minimum Gasteiger partial charge on any atom is -0.325 e. The molecule has 0 spiro atoms. The van der Waals surface area contributed by atoms with Crippen molar-refractivity contribution in [3.63, 3.8) is 0 Å². The summed E-state index contributed by atoms with van der Waals surface area (Å²) in [5.74, 6) is 0.175. The Morgan fingerprint density at radius 2 is 1.52 bits per heavy atom. The topological polar surface area (TPSA) is 70.6 Å². The van der Waals surface area contributed by atoms with Crippen LogP contribution in [-0.2, 0) is 10.0 Å². The van der Waals surface area contributed by atoms with Crippen molar-refractivity contribution in [3.05, 3.63) is 59.2 Å². The van der Waals surface area contributed by atoms with E-state index >= 15 is 0 Å². The SMILES string of the molecule is Cc1cc(C)c(N/C(=N/S(C)(=O)=O)Nc2ccccc2)c(C)c1. The fourth-order valence-electron chi connectivity index (χ4n) is 2.40. The largest absolute Gasteiger partial charge is 0.325 e. The molecule has 0 fully saturated rings. The molecule has 0 atom stereocenters. The van der Waals surface area contributed by atoms with E-state index in [0.29, 0.717) is 0 Å². The van der Waals surface area contributed by atoms with Crippen molar-refractivity contribution in [1.29, 1.82) is 0 Å². The predicted octanol–water partition coefficient (Wildman–Crippen LogP) is 3.45. The normalized spacial score (nSPS) is 12.1. The van der Waals surface area contributed by atoms with Gasteiger partial charge in [0.2, 0.25) is 5.96 Å². The van der Waals surface area contributed by atoms with Crippen LogP contribution in [0.25, 0.3) is 0 Å². The monoisotopic (exact) mass is 331 g/mol. The highest BCUT2D eigenvalue weighted by Gasteiger charge is 2.10. The minimum atomic E-state index is -3.53. The number of aryl methyl sites for hydroxylation is 3. The first-order chi connectivity index (χ1) is 10.7. The van der Waals surface area contributed by atoms with E-state index in [1.54, 1.807) is 0 Å². The number of hydrogen-bond donors (Lipinski definition) is 2. The van der Waals surface area contributed by atoms with Gasteiger partial charge in [0.15, 0.2) is 0 Å². The van der Waals surface area contributed by atoms with Gasteiger partial charge in [0.1, 0.15) is 0 Å². The summed E-state index contributed by atoms with van der Waals surface area (Å²) < 4.78 is 26.9. The number of hydrogen-bond acceptors (Lipinski definition) is 2. The van der Waals surface area contributed by atoms with Crippen LogP contribution in [0.3, 0.4) is 0 Å². The maximum absolute atomic E-state index is 11.6. The van der Waals surface area contributed by atoms with Crippen molar-refractivity contribution in [1.82, 2.24) is 0 Å². The van der Waals surface area contributed by atoms with Crippen LogP contribution < -0.4 is 10.6 Å². The lowest BCUT2D eigenvalue weighted by Crippen LogP contribution is -2.24. The number of anilines is 2. The first kappa shape index (κ1) is 17.0. The fraction of sp³-hybridized carbons (Fsp3) is 0.235. The summed E-state index contributed by atoms with van der Waals surface area (Å²) in [6.07, 6.45) is 1.07. The van der Waals surface area contributed by atoms with E-state index in [4.69, 9.17) is 0 Å². The van der Waals surface area contributed by atoms with Gasteiger partial charge in [-0.2, -0.15) is 0 Å². The van der Waals surface area contributed by atoms with Crippen LogP contribution in [0.15, 0.2) is 46.9 Å². The number of nitrogens with one attached hydrogen (secondary N) is 2. The molecule has 6 heteroatoms. The molecule has 2 aromatic rings. The first-order valence-corrected chi connectivity index (χ1v) is 9.06. The second kappa shape index (κ2) is 6.83. The van der Waals surface area contributed by atoms with E-state index in [-0.39, 0.29) is 5.96 Å². The summed E-state index contributed by atoms with van der Waals surface area (Å²) in [4.78, 5) is 0. The van der Waals surface area contributed by atoms with Crippen LogP contribution >= 0.6 is 0 Å². The highest BCUT2D eigenvalue weighted by atomic mass is 32.2.